The van der Waals surface area contributed by atoms with Crippen LogP contribution in [0.3, 0.4) is 0 Å². The summed E-state index contributed by atoms with van der Waals surface area (Å²) in [5.74, 6) is 5.28. The van der Waals surface area contributed by atoms with E-state index in [1.165, 1.54) is 70.6 Å². The number of rotatable bonds is 17. The normalized spacial score (nSPS) is 26.0. The third-order valence-electron chi connectivity index (χ3n) is 10.2. The third kappa shape index (κ3) is 8.81. The van der Waals surface area contributed by atoms with E-state index >= 15 is 0 Å². The van der Waals surface area contributed by atoms with E-state index in [0.717, 1.165) is 30.8 Å². The van der Waals surface area contributed by atoms with Crippen LogP contribution in [0.2, 0.25) is 0 Å². The molecule has 1 aromatic carbocycles. The summed E-state index contributed by atoms with van der Waals surface area (Å²) in [5.41, 5.74) is 1.06. The first-order valence-corrected chi connectivity index (χ1v) is 17.1. The van der Waals surface area contributed by atoms with Crippen LogP contribution in [0.25, 0.3) is 0 Å². The van der Waals surface area contributed by atoms with Gasteiger partial charge in [0.05, 0.1) is 26.4 Å². The molecule has 0 aliphatic heterocycles. The van der Waals surface area contributed by atoms with Gasteiger partial charge in [-0.2, -0.15) is 15.0 Å². The van der Waals surface area contributed by atoms with Crippen molar-refractivity contribution in [3.63, 3.8) is 0 Å². The minimum absolute atomic E-state index is 0.0895. The van der Waals surface area contributed by atoms with E-state index in [-0.39, 0.29) is 5.91 Å². The Hall–Kier alpha value is -2.98. The fourth-order valence-electron chi connectivity index (χ4n) is 8.50. The van der Waals surface area contributed by atoms with E-state index in [1.54, 1.807) is 12.1 Å². The van der Waals surface area contributed by atoms with Crippen LogP contribution < -0.4 is 21.3 Å². The molecule has 4 bridgehead atoms. The number of nitrogens with one attached hydrogen (secondary N) is 4. The first kappa shape index (κ1) is 31.0. The predicted octanol–water partition coefficient (Wildman–Crippen LogP) is 5.37. The maximum absolute atomic E-state index is 12.1. The summed E-state index contributed by atoms with van der Waals surface area (Å²) < 4.78 is 11.3. The SMILES string of the molecule is O=C(NCCOCCOCCNc1nc(NCC2CCCCC2)nc(NCC23CC4CC(CC(C4)C2)C3)n1)c1ccccc1. The number of amides is 1. The third-order valence-corrected chi connectivity index (χ3v) is 10.2. The monoisotopic (exact) mass is 605 g/mol. The van der Waals surface area contributed by atoms with E-state index < -0.39 is 0 Å². The summed E-state index contributed by atoms with van der Waals surface area (Å²) in [6.45, 7) is 4.84. The first-order valence-electron chi connectivity index (χ1n) is 17.1. The fraction of sp³-hybridized carbons (Fsp3) is 0.706. The molecule has 0 radical (unpaired) electrons. The van der Waals surface area contributed by atoms with Gasteiger partial charge in [-0.05, 0) is 92.6 Å². The molecule has 0 spiro atoms. The van der Waals surface area contributed by atoms with Gasteiger partial charge < -0.3 is 30.7 Å². The number of hydrogen-bond donors (Lipinski definition) is 4. The molecule has 5 fully saturated rings. The van der Waals surface area contributed by atoms with Crippen molar-refractivity contribution in [2.75, 3.05) is 68.6 Å². The Balaban J connectivity index is 0.925. The lowest BCUT2D eigenvalue weighted by Gasteiger charge is -2.56. The average molecular weight is 606 g/mol. The van der Waals surface area contributed by atoms with Crippen LogP contribution in [0.5, 0.6) is 0 Å². The van der Waals surface area contributed by atoms with Gasteiger partial charge in [-0.25, -0.2) is 0 Å². The van der Waals surface area contributed by atoms with Crippen LogP contribution in [-0.4, -0.2) is 73.5 Å². The molecule has 1 heterocycles. The zero-order valence-corrected chi connectivity index (χ0v) is 26.2. The number of ether oxygens (including phenoxy) is 2. The number of anilines is 3. The van der Waals surface area contributed by atoms with Gasteiger partial charge in [-0.1, -0.05) is 37.5 Å². The van der Waals surface area contributed by atoms with E-state index in [1.807, 2.05) is 18.2 Å². The molecule has 4 N–H and O–H groups in total. The molecular formula is C34H51N7O3. The maximum atomic E-state index is 12.1. The summed E-state index contributed by atoms with van der Waals surface area (Å²) in [6.07, 6.45) is 15.0. The average Bonchev–Trinajstić information content (AvgIpc) is 3.04. The maximum Gasteiger partial charge on any atom is 0.251 e. The van der Waals surface area contributed by atoms with Crippen LogP contribution in [0.1, 0.15) is 81.0 Å². The summed E-state index contributed by atoms with van der Waals surface area (Å²) in [7, 11) is 0. The number of carbonyl (C=O) groups excluding carboxylic acids is 1. The molecule has 1 aromatic heterocycles. The highest BCUT2D eigenvalue weighted by molar-refractivity contribution is 5.94. The molecule has 5 saturated carbocycles. The van der Waals surface area contributed by atoms with Crippen LogP contribution in [-0.2, 0) is 9.47 Å². The first-order chi connectivity index (χ1) is 21.6. The summed E-state index contributed by atoms with van der Waals surface area (Å²) in [5, 5.41) is 13.4. The van der Waals surface area contributed by atoms with Crippen molar-refractivity contribution in [3.05, 3.63) is 35.9 Å². The standard InChI is InChI=1S/C34H51N7O3/c42-30(29-9-5-2-6-10-29)35-11-13-43-15-16-44-14-12-36-31-39-32(37-23-25-7-3-1-4-8-25)41-33(40-31)38-24-34-20-26-17-27(21-34)19-28(18-26)22-34/h2,5-6,9-10,25-28H,1,3-4,7-8,11-24H2,(H,35,42)(H3,36,37,38,39,40,41). The Morgan fingerprint density at radius 2 is 1.32 bits per heavy atom. The van der Waals surface area contributed by atoms with E-state index in [2.05, 4.69) is 21.3 Å². The minimum Gasteiger partial charge on any atom is -0.377 e. The zero-order valence-electron chi connectivity index (χ0n) is 26.2. The minimum atomic E-state index is -0.0895. The van der Waals surface area contributed by atoms with Crippen molar-refractivity contribution in [1.82, 2.24) is 20.3 Å². The Morgan fingerprint density at radius 3 is 1.98 bits per heavy atom. The molecule has 10 heteroatoms. The number of aromatic nitrogens is 3. The van der Waals surface area contributed by atoms with Crippen LogP contribution in [0.4, 0.5) is 17.8 Å². The number of carbonyl (C=O) groups is 1. The zero-order chi connectivity index (χ0) is 30.0. The summed E-state index contributed by atoms with van der Waals surface area (Å²) in [4.78, 5) is 26.3. The van der Waals surface area contributed by atoms with E-state index in [9.17, 15) is 4.79 Å². The van der Waals surface area contributed by atoms with E-state index in [4.69, 9.17) is 24.4 Å². The van der Waals surface area contributed by atoms with Crippen molar-refractivity contribution in [2.24, 2.45) is 29.1 Å². The molecular weight excluding hydrogens is 554 g/mol. The van der Waals surface area contributed by atoms with Gasteiger partial charge >= 0.3 is 0 Å². The lowest BCUT2D eigenvalue weighted by Crippen LogP contribution is -2.49. The number of hydrogen-bond acceptors (Lipinski definition) is 9. The van der Waals surface area contributed by atoms with Crippen LogP contribution in [0.15, 0.2) is 30.3 Å². The lowest BCUT2D eigenvalue weighted by atomic mass is 9.49. The summed E-state index contributed by atoms with van der Waals surface area (Å²) >= 11 is 0. The van der Waals surface area contributed by atoms with Gasteiger partial charge in [0.2, 0.25) is 17.8 Å². The quantitative estimate of drug-likeness (QED) is 0.176. The largest absolute Gasteiger partial charge is 0.377 e. The van der Waals surface area contributed by atoms with Crippen LogP contribution >= 0.6 is 0 Å². The Kier molecular flexibility index (Phi) is 10.8. The van der Waals surface area contributed by atoms with Crippen LogP contribution in [0, 0.1) is 29.1 Å². The van der Waals surface area contributed by atoms with Crippen molar-refractivity contribution in [3.8, 4) is 0 Å². The number of nitrogens with zero attached hydrogens (tertiary/aromatic N) is 3. The number of benzene rings is 1. The van der Waals surface area contributed by atoms with Gasteiger partial charge in [0, 0.05) is 31.7 Å². The molecule has 5 aliphatic carbocycles. The second kappa shape index (κ2) is 15.3. The van der Waals surface area contributed by atoms with Gasteiger partial charge in [-0.15, -0.1) is 0 Å². The van der Waals surface area contributed by atoms with Gasteiger partial charge in [0.1, 0.15) is 0 Å². The lowest BCUT2D eigenvalue weighted by molar-refractivity contribution is -0.0445. The molecule has 0 unspecified atom stereocenters. The topological polar surface area (TPSA) is 122 Å². The molecule has 10 nitrogen and oxygen atoms in total. The molecule has 240 valence electrons. The summed E-state index contributed by atoms with van der Waals surface area (Å²) in [6, 6.07) is 9.19. The molecule has 2 aromatic rings. The van der Waals surface area contributed by atoms with Crippen molar-refractivity contribution in [1.29, 1.82) is 0 Å². The van der Waals surface area contributed by atoms with Crippen molar-refractivity contribution >= 4 is 23.8 Å². The van der Waals surface area contributed by atoms with Gasteiger partial charge in [0.15, 0.2) is 0 Å². The molecule has 0 atom stereocenters. The molecule has 1 amide bonds. The fourth-order valence-corrected chi connectivity index (χ4v) is 8.50. The molecule has 7 rings (SSSR count). The highest BCUT2D eigenvalue weighted by atomic mass is 16.5. The van der Waals surface area contributed by atoms with E-state index in [0.29, 0.717) is 74.3 Å². The highest BCUT2D eigenvalue weighted by Gasteiger charge is 2.50. The van der Waals surface area contributed by atoms with Crippen molar-refractivity contribution < 1.29 is 14.3 Å². The van der Waals surface area contributed by atoms with Gasteiger partial charge in [-0.3, -0.25) is 4.79 Å². The molecule has 5 aliphatic rings. The van der Waals surface area contributed by atoms with Crippen molar-refractivity contribution in [2.45, 2.75) is 70.6 Å². The molecule has 44 heavy (non-hydrogen) atoms. The Bertz CT molecular complexity index is 1160. The second-order valence-electron chi connectivity index (χ2n) is 13.7. The Morgan fingerprint density at radius 1 is 0.727 bits per heavy atom. The highest BCUT2D eigenvalue weighted by Crippen LogP contribution is 2.59. The smallest absolute Gasteiger partial charge is 0.251 e. The molecule has 0 saturated heterocycles. The predicted molar refractivity (Wildman–Crippen MR) is 173 cm³/mol. The van der Waals surface area contributed by atoms with Gasteiger partial charge in [0.25, 0.3) is 5.91 Å². The Labute approximate surface area is 262 Å². The second-order valence-corrected chi connectivity index (χ2v) is 13.7.